The summed E-state index contributed by atoms with van der Waals surface area (Å²) in [5.74, 6) is 0. The molecule has 0 amide bonds. The fourth-order valence-corrected chi connectivity index (χ4v) is 3.70. The van der Waals surface area contributed by atoms with Crippen LogP contribution < -0.4 is 10.5 Å². The highest BCUT2D eigenvalue weighted by atomic mass is 35.5. The Kier molecular flexibility index (Phi) is 5.72. The van der Waals surface area contributed by atoms with E-state index in [1.54, 1.807) is 6.92 Å². The number of hydrogen-bond acceptors (Lipinski definition) is 5. The van der Waals surface area contributed by atoms with Crippen molar-refractivity contribution in [2.24, 2.45) is 5.73 Å². The molecule has 20 heavy (non-hydrogen) atoms. The van der Waals surface area contributed by atoms with Gasteiger partial charge in [0.2, 0.25) is 10.0 Å². The van der Waals surface area contributed by atoms with Crippen molar-refractivity contribution in [3.63, 3.8) is 0 Å². The minimum Gasteiger partial charge on any atom is -0.329 e. The standard InChI is InChI=1S/C10H13Cl2N3O4S/c1-2-6(5-13)14-20(18,19)8-4-3-7(11)10(9(8)12)15(16)17/h3-4,6,14H,2,5,13H2,1H3. The molecule has 0 saturated heterocycles. The Labute approximate surface area is 126 Å². The highest BCUT2D eigenvalue weighted by Gasteiger charge is 2.28. The van der Waals surface area contributed by atoms with Crippen LogP contribution in [0.15, 0.2) is 17.0 Å². The lowest BCUT2D eigenvalue weighted by molar-refractivity contribution is -0.384. The van der Waals surface area contributed by atoms with Gasteiger partial charge in [-0.15, -0.1) is 0 Å². The molecule has 0 fully saturated rings. The van der Waals surface area contributed by atoms with Crippen molar-refractivity contribution in [1.82, 2.24) is 4.72 Å². The van der Waals surface area contributed by atoms with Gasteiger partial charge in [-0.25, -0.2) is 13.1 Å². The molecule has 0 radical (unpaired) electrons. The molecule has 1 aromatic rings. The number of nitro benzene ring substituents is 1. The van der Waals surface area contributed by atoms with Crippen LogP contribution in [0.3, 0.4) is 0 Å². The van der Waals surface area contributed by atoms with Crippen LogP contribution in [-0.2, 0) is 10.0 Å². The van der Waals surface area contributed by atoms with Crippen molar-refractivity contribution in [2.45, 2.75) is 24.3 Å². The van der Waals surface area contributed by atoms with Gasteiger partial charge in [0.05, 0.1) is 4.92 Å². The summed E-state index contributed by atoms with van der Waals surface area (Å²) in [6, 6.07) is 1.75. The molecule has 10 heteroatoms. The van der Waals surface area contributed by atoms with Crippen LogP contribution >= 0.6 is 23.2 Å². The molecule has 0 spiro atoms. The molecular weight excluding hydrogens is 329 g/mol. The van der Waals surface area contributed by atoms with Crippen LogP contribution in [0.1, 0.15) is 13.3 Å². The molecule has 1 aromatic carbocycles. The van der Waals surface area contributed by atoms with Gasteiger partial charge in [0.25, 0.3) is 0 Å². The molecule has 7 nitrogen and oxygen atoms in total. The lowest BCUT2D eigenvalue weighted by atomic mass is 10.2. The molecule has 0 aliphatic carbocycles. The largest absolute Gasteiger partial charge is 0.329 e. The van der Waals surface area contributed by atoms with Gasteiger partial charge in [-0.3, -0.25) is 10.1 Å². The number of sulfonamides is 1. The number of hydrogen-bond donors (Lipinski definition) is 2. The summed E-state index contributed by atoms with van der Waals surface area (Å²) in [6.45, 7) is 1.86. The Balaban J connectivity index is 3.33. The van der Waals surface area contributed by atoms with Crippen molar-refractivity contribution >= 4 is 38.9 Å². The third-order valence-electron chi connectivity index (χ3n) is 2.60. The first-order chi connectivity index (χ1) is 9.24. The quantitative estimate of drug-likeness (QED) is 0.605. The van der Waals surface area contributed by atoms with E-state index in [1.807, 2.05) is 0 Å². The van der Waals surface area contributed by atoms with Gasteiger partial charge in [-0.1, -0.05) is 30.1 Å². The average Bonchev–Trinajstić information content (AvgIpc) is 2.35. The van der Waals surface area contributed by atoms with Crippen LogP contribution in [0.2, 0.25) is 10.0 Å². The molecule has 3 N–H and O–H groups in total. The second-order valence-electron chi connectivity index (χ2n) is 3.93. The third-order valence-corrected chi connectivity index (χ3v) is 4.97. The van der Waals surface area contributed by atoms with Crippen LogP contribution in [-0.4, -0.2) is 25.9 Å². The molecule has 1 unspecified atom stereocenters. The smallest absolute Gasteiger partial charge is 0.307 e. The van der Waals surface area contributed by atoms with Crippen LogP contribution in [0.5, 0.6) is 0 Å². The van der Waals surface area contributed by atoms with Gasteiger partial charge in [0, 0.05) is 12.6 Å². The number of benzene rings is 1. The SMILES string of the molecule is CCC(CN)NS(=O)(=O)c1ccc(Cl)c([N+](=O)[O-])c1Cl. The van der Waals surface area contributed by atoms with Gasteiger partial charge < -0.3 is 5.73 Å². The molecule has 1 atom stereocenters. The number of nitrogens with one attached hydrogen (secondary N) is 1. The number of nitro groups is 1. The van der Waals surface area contributed by atoms with Crippen molar-refractivity contribution in [3.8, 4) is 0 Å². The lowest BCUT2D eigenvalue weighted by Crippen LogP contribution is -2.39. The predicted octanol–water partition coefficient (Wildman–Crippen LogP) is 1.92. The molecule has 1 rings (SSSR count). The maximum absolute atomic E-state index is 12.2. The number of halogens is 2. The first-order valence-electron chi connectivity index (χ1n) is 5.59. The molecule has 0 aliphatic heterocycles. The fraction of sp³-hybridized carbons (Fsp3) is 0.400. The summed E-state index contributed by atoms with van der Waals surface area (Å²) in [6.07, 6.45) is 0.475. The summed E-state index contributed by atoms with van der Waals surface area (Å²) in [5.41, 5.74) is 4.78. The van der Waals surface area contributed by atoms with E-state index >= 15 is 0 Å². The molecule has 0 bridgehead atoms. The molecule has 0 aromatic heterocycles. The lowest BCUT2D eigenvalue weighted by Gasteiger charge is -2.15. The van der Waals surface area contributed by atoms with E-state index < -0.39 is 36.6 Å². The molecule has 0 aliphatic rings. The first-order valence-corrected chi connectivity index (χ1v) is 7.83. The Morgan fingerprint density at radius 2 is 2.05 bits per heavy atom. The molecule has 0 saturated carbocycles. The maximum Gasteiger partial charge on any atom is 0.307 e. The van der Waals surface area contributed by atoms with Gasteiger partial charge in [-0.2, -0.15) is 0 Å². The second kappa shape index (κ2) is 6.68. The fourth-order valence-electron chi connectivity index (χ4n) is 1.48. The van der Waals surface area contributed by atoms with E-state index in [9.17, 15) is 18.5 Å². The summed E-state index contributed by atoms with van der Waals surface area (Å²) in [7, 11) is -4.01. The number of rotatable bonds is 6. The Bertz CT molecular complexity index is 617. The molecule has 0 heterocycles. The molecule has 112 valence electrons. The van der Waals surface area contributed by atoms with E-state index in [1.165, 1.54) is 0 Å². The number of nitrogens with zero attached hydrogens (tertiary/aromatic N) is 1. The number of nitrogens with two attached hydrogens (primary N) is 1. The minimum absolute atomic E-state index is 0.100. The van der Waals surface area contributed by atoms with Crippen LogP contribution in [0.4, 0.5) is 5.69 Å². The Hall–Kier alpha value is -0.930. The predicted molar refractivity (Wildman–Crippen MR) is 76.6 cm³/mol. The monoisotopic (exact) mass is 341 g/mol. The van der Waals surface area contributed by atoms with Crippen molar-refractivity contribution in [1.29, 1.82) is 0 Å². The van der Waals surface area contributed by atoms with E-state index in [2.05, 4.69) is 4.72 Å². The summed E-state index contributed by atoms with van der Waals surface area (Å²) in [5, 5.41) is 10.1. The van der Waals surface area contributed by atoms with E-state index in [0.717, 1.165) is 12.1 Å². The maximum atomic E-state index is 12.2. The van der Waals surface area contributed by atoms with Crippen molar-refractivity contribution in [2.75, 3.05) is 6.54 Å². The Morgan fingerprint density at radius 3 is 2.50 bits per heavy atom. The van der Waals surface area contributed by atoms with Crippen molar-refractivity contribution < 1.29 is 13.3 Å². The first kappa shape index (κ1) is 17.1. The zero-order chi connectivity index (χ0) is 15.5. The highest BCUT2D eigenvalue weighted by Crippen LogP contribution is 2.37. The normalized spacial score (nSPS) is 13.2. The van der Waals surface area contributed by atoms with Gasteiger partial charge in [0.1, 0.15) is 14.9 Å². The highest BCUT2D eigenvalue weighted by molar-refractivity contribution is 7.89. The minimum atomic E-state index is -4.01. The second-order valence-corrected chi connectivity index (χ2v) is 6.39. The Morgan fingerprint density at radius 1 is 1.45 bits per heavy atom. The van der Waals surface area contributed by atoms with Gasteiger partial charge in [-0.05, 0) is 18.6 Å². The zero-order valence-electron chi connectivity index (χ0n) is 10.5. The van der Waals surface area contributed by atoms with Crippen molar-refractivity contribution in [3.05, 3.63) is 32.3 Å². The third kappa shape index (κ3) is 3.58. The van der Waals surface area contributed by atoms with E-state index in [-0.39, 0.29) is 11.6 Å². The van der Waals surface area contributed by atoms with Crippen LogP contribution in [0, 0.1) is 10.1 Å². The summed E-state index contributed by atoms with van der Waals surface area (Å²) in [4.78, 5) is 9.63. The van der Waals surface area contributed by atoms with E-state index in [4.69, 9.17) is 28.9 Å². The van der Waals surface area contributed by atoms with Gasteiger partial charge in [0.15, 0.2) is 0 Å². The molecular formula is C10H13Cl2N3O4S. The summed E-state index contributed by atoms with van der Waals surface area (Å²) >= 11 is 11.4. The van der Waals surface area contributed by atoms with Gasteiger partial charge >= 0.3 is 5.69 Å². The topological polar surface area (TPSA) is 115 Å². The average molecular weight is 342 g/mol. The zero-order valence-corrected chi connectivity index (χ0v) is 12.8. The summed E-state index contributed by atoms with van der Waals surface area (Å²) < 4.78 is 26.6. The van der Waals surface area contributed by atoms with Crippen LogP contribution in [0.25, 0.3) is 0 Å². The van der Waals surface area contributed by atoms with E-state index in [0.29, 0.717) is 6.42 Å².